The van der Waals surface area contributed by atoms with Crippen LogP contribution in [0.2, 0.25) is 0 Å². The van der Waals surface area contributed by atoms with E-state index in [4.69, 9.17) is 4.74 Å². The van der Waals surface area contributed by atoms with Crippen LogP contribution in [0.3, 0.4) is 0 Å². The lowest BCUT2D eigenvalue weighted by Crippen LogP contribution is -2.57. The molecule has 2 amide bonds. The number of hydrogen-bond donors (Lipinski definition) is 1. The first-order valence-electron chi connectivity index (χ1n) is 6.45. The maximum absolute atomic E-state index is 11.8. The molecule has 1 atom stereocenters. The van der Waals surface area contributed by atoms with Crippen LogP contribution in [0.15, 0.2) is 22.7 Å². The van der Waals surface area contributed by atoms with Gasteiger partial charge in [0.1, 0.15) is 5.75 Å². The molecule has 0 radical (unpaired) electrons. The third kappa shape index (κ3) is 3.19. The molecule has 0 saturated carbocycles. The Morgan fingerprint density at radius 2 is 2.20 bits per heavy atom. The molecule has 2 rings (SSSR count). The Hall–Kier alpha value is -1.40. The molecule has 1 aliphatic rings. The number of amides is 2. The van der Waals surface area contributed by atoms with Gasteiger partial charge in [-0.25, -0.2) is 0 Å². The highest BCUT2D eigenvalue weighted by atomic mass is 79.9. The van der Waals surface area contributed by atoms with Crippen molar-refractivity contribution in [2.24, 2.45) is 0 Å². The van der Waals surface area contributed by atoms with Gasteiger partial charge in [-0.1, -0.05) is 13.0 Å². The van der Waals surface area contributed by atoms with Crippen LogP contribution in [-0.2, 0) is 16.1 Å². The number of carbonyl (C=O) groups excluding carboxylic acids is 2. The lowest BCUT2D eigenvalue weighted by atomic mass is 10.1. The SMILES string of the molecule is CCC1C(=O)NC(=O)CN1Cc1ccc(OC)c(Br)c1. The van der Waals surface area contributed by atoms with Gasteiger partial charge in [-0.2, -0.15) is 0 Å². The summed E-state index contributed by atoms with van der Waals surface area (Å²) in [4.78, 5) is 25.2. The first-order valence-corrected chi connectivity index (χ1v) is 7.24. The Bertz CT molecular complexity index is 533. The minimum atomic E-state index is -0.256. The normalized spacial score (nSPS) is 19.9. The minimum Gasteiger partial charge on any atom is -0.496 e. The summed E-state index contributed by atoms with van der Waals surface area (Å²) in [5.74, 6) is 0.303. The second kappa shape index (κ2) is 6.37. The minimum absolute atomic E-state index is 0.212. The number of hydrogen-bond acceptors (Lipinski definition) is 4. The van der Waals surface area contributed by atoms with E-state index in [-0.39, 0.29) is 24.4 Å². The van der Waals surface area contributed by atoms with Crippen LogP contribution in [0.5, 0.6) is 5.75 Å². The molecule has 0 aromatic heterocycles. The number of rotatable bonds is 4. The quantitative estimate of drug-likeness (QED) is 0.847. The second-order valence-corrected chi connectivity index (χ2v) is 5.56. The predicted molar refractivity (Wildman–Crippen MR) is 78.3 cm³/mol. The first kappa shape index (κ1) is 15.0. The molecule has 1 fully saturated rings. The fourth-order valence-corrected chi connectivity index (χ4v) is 2.96. The highest BCUT2D eigenvalue weighted by molar-refractivity contribution is 9.10. The highest BCUT2D eigenvalue weighted by Crippen LogP contribution is 2.26. The summed E-state index contributed by atoms with van der Waals surface area (Å²) in [5.41, 5.74) is 1.03. The van der Waals surface area contributed by atoms with E-state index < -0.39 is 0 Å². The van der Waals surface area contributed by atoms with Gasteiger partial charge in [-0.3, -0.25) is 19.8 Å². The van der Waals surface area contributed by atoms with E-state index in [1.165, 1.54) is 0 Å². The molecule has 1 N–H and O–H groups in total. The summed E-state index contributed by atoms with van der Waals surface area (Å²) >= 11 is 3.44. The fourth-order valence-electron chi connectivity index (χ4n) is 2.37. The van der Waals surface area contributed by atoms with Crippen molar-refractivity contribution in [3.63, 3.8) is 0 Å². The summed E-state index contributed by atoms with van der Waals surface area (Å²) in [5, 5.41) is 2.38. The molecule has 1 heterocycles. The second-order valence-electron chi connectivity index (χ2n) is 4.71. The average Bonchev–Trinajstić information content (AvgIpc) is 2.38. The molecule has 20 heavy (non-hydrogen) atoms. The van der Waals surface area contributed by atoms with Crippen LogP contribution in [0.25, 0.3) is 0 Å². The van der Waals surface area contributed by atoms with E-state index in [1.807, 2.05) is 30.0 Å². The zero-order valence-electron chi connectivity index (χ0n) is 11.5. The van der Waals surface area contributed by atoms with Gasteiger partial charge in [0.15, 0.2) is 0 Å². The van der Waals surface area contributed by atoms with Crippen LogP contribution in [0.1, 0.15) is 18.9 Å². The number of methoxy groups -OCH3 is 1. The van der Waals surface area contributed by atoms with E-state index >= 15 is 0 Å². The maximum atomic E-state index is 11.8. The summed E-state index contributed by atoms with van der Waals surface area (Å²) < 4.78 is 6.05. The Labute approximate surface area is 126 Å². The first-order chi connectivity index (χ1) is 9.55. The number of nitrogens with zero attached hydrogens (tertiary/aromatic N) is 1. The zero-order valence-corrected chi connectivity index (χ0v) is 13.1. The smallest absolute Gasteiger partial charge is 0.243 e. The zero-order chi connectivity index (χ0) is 14.7. The number of carbonyl (C=O) groups is 2. The van der Waals surface area contributed by atoms with E-state index in [2.05, 4.69) is 21.2 Å². The molecule has 108 valence electrons. The number of piperazine rings is 1. The number of nitrogens with one attached hydrogen (secondary N) is 1. The summed E-state index contributed by atoms with van der Waals surface area (Å²) in [7, 11) is 1.61. The molecular weight excluding hydrogens is 324 g/mol. The number of benzene rings is 1. The van der Waals surface area contributed by atoms with Crippen molar-refractivity contribution in [1.82, 2.24) is 10.2 Å². The van der Waals surface area contributed by atoms with Crippen molar-refractivity contribution in [2.45, 2.75) is 25.9 Å². The van der Waals surface area contributed by atoms with E-state index in [9.17, 15) is 9.59 Å². The number of halogens is 1. The van der Waals surface area contributed by atoms with Crippen molar-refractivity contribution < 1.29 is 14.3 Å². The molecular formula is C14H17BrN2O3. The molecule has 0 bridgehead atoms. The van der Waals surface area contributed by atoms with Gasteiger partial charge in [0.25, 0.3) is 0 Å². The lowest BCUT2D eigenvalue weighted by molar-refractivity contribution is -0.140. The van der Waals surface area contributed by atoms with Crippen molar-refractivity contribution in [3.8, 4) is 5.75 Å². The summed E-state index contributed by atoms with van der Waals surface area (Å²) in [6.45, 7) is 2.74. The number of imide groups is 1. The summed E-state index contributed by atoms with van der Waals surface area (Å²) in [6, 6.07) is 5.50. The molecule has 6 heteroatoms. The Morgan fingerprint density at radius 3 is 2.80 bits per heavy atom. The van der Waals surface area contributed by atoms with Crippen molar-refractivity contribution >= 4 is 27.7 Å². The standard InChI is InChI=1S/C14H17BrN2O3/c1-3-11-14(19)16-13(18)8-17(11)7-9-4-5-12(20-2)10(15)6-9/h4-6,11H,3,7-8H2,1-2H3,(H,16,18,19). The van der Waals surface area contributed by atoms with Crippen LogP contribution < -0.4 is 10.1 Å². The van der Waals surface area contributed by atoms with Crippen molar-refractivity contribution in [3.05, 3.63) is 28.2 Å². The number of ether oxygens (including phenoxy) is 1. The Morgan fingerprint density at radius 1 is 1.45 bits per heavy atom. The molecule has 1 unspecified atom stereocenters. The van der Waals surface area contributed by atoms with Crippen LogP contribution in [-0.4, -0.2) is 36.4 Å². The summed E-state index contributed by atoms with van der Waals surface area (Å²) in [6.07, 6.45) is 0.677. The van der Waals surface area contributed by atoms with E-state index in [1.54, 1.807) is 7.11 Å². The highest BCUT2D eigenvalue weighted by Gasteiger charge is 2.32. The molecule has 1 aromatic carbocycles. The van der Waals surface area contributed by atoms with Crippen molar-refractivity contribution in [1.29, 1.82) is 0 Å². The van der Waals surface area contributed by atoms with Gasteiger partial charge >= 0.3 is 0 Å². The maximum Gasteiger partial charge on any atom is 0.243 e. The largest absolute Gasteiger partial charge is 0.496 e. The molecule has 1 saturated heterocycles. The van der Waals surface area contributed by atoms with Crippen LogP contribution >= 0.6 is 15.9 Å². The predicted octanol–water partition coefficient (Wildman–Crippen LogP) is 1.69. The van der Waals surface area contributed by atoms with Gasteiger partial charge in [-0.15, -0.1) is 0 Å². The van der Waals surface area contributed by atoms with E-state index in [0.29, 0.717) is 13.0 Å². The topological polar surface area (TPSA) is 58.6 Å². The average molecular weight is 341 g/mol. The van der Waals surface area contributed by atoms with Gasteiger partial charge in [-0.05, 0) is 40.0 Å². The molecule has 0 spiro atoms. The van der Waals surface area contributed by atoms with E-state index in [0.717, 1.165) is 15.8 Å². The monoisotopic (exact) mass is 340 g/mol. The molecule has 0 aliphatic carbocycles. The molecule has 1 aliphatic heterocycles. The van der Waals surface area contributed by atoms with Crippen molar-refractivity contribution in [2.75, 3.05) is 13.7 Å². The lowest BCUT2D eigenvalue weighted by Gasteiger charge is -2.33. The Kier molecular flexibility index (Phi) is 4.77. The van der Waals surface area contributed by atoms with Gasteiger partial charge < -0.3 is 4.74 Å². The van der Waals surface area contributed by atoms with Gasteiger partial charge in [0, 0.05) is 6.54 Å². The molecule has 1 aromatic rings. The van der Waals surface area contributed by atoms with Gasteiger partial charge in [0.05, 0.1) is 24.2 Å². The van der Waals surface area contributed by atoms with Crippen LogP contribution in [0.4, 0.5) is 0 Å². The fraction of sp³-hybridized carbons (Fsp3) is 0.429. The Balaban J connectivity index is 2.16. The molecule has 5 nitrogen and oxygen atoms in total. The van der Waals surface area contributed by atoms with Gasteiger partial charge in [0.2, 0.25) is 11.8 Å². The third-order valence-electron chi connectivity index (χ3n) is 3.34. The van der Waals surface area contributed by atoms with Crippen LogP contribution in [0, 0.1) is 0 Å². The third-order valence-corrected chi connectivity index (χ3v) is 3.96.